The van der Waals surface area contributed by atoms with E-state index in [2.05, 4.69) is 44.8 Å². The smallest absolute Gasteiger partial charge is 0.240 e. The normalized spacial score (nSPS) is 19.3. The summed E-state index contributed by atoms with van der Waals surface area (Å²) in [5.74, 6) is 4.23. The summed E-state index contributed by atoms with van der Waals surface area (Å²) < 4.78 is 11.5. The van der Waals surface area contributed by atoms with Crippen LogP contribution in [0.4, 0.5) is 11.5 Å². The van der Waals surface area contributed by atoms with Gasteiger partial charge in [0.2, 0.25) is 11.5 Å². The van der Waals surface area contributed by atoms with E-state index in [1.165, 1.54) is 12.8 Å². The lowest BCUT2D eigenvalue weighted by Crippen LogP contribution is -2.39. The molecule has 1 aliphatic heterocycles. The lowest BCUT2D eigenvalue weighted by molar-refractivity contribution is 0.393. The molecule has 1 saturated carbocycles. The van der Waals surface area contributed by atoms with E-state index in [0.717, 1.165) is 67.5 Å². The highest BCUT2D eigenvalue weighted by molar-refractivity contribution is 6.13. The van der Waals surface area contributed by atoms with Crippen molar-refractivity contribution in [3.63, 3.8) is 0 Å². The molecule has 0 saturated heterocycles. The number of rotatable bonds is 6. The van der Waals surface area contributed by atoms with E-state index in [1.54, 1.807) is 7.11 Å². The summed E-state index contributed by atoms with van der Waals surface area (Å²) in [4.78, 5) is 13.1. The second kappa shape index (κ2) is 7.99. The topological polar surface area (TPSA) is 130 Å². The van der Waals surface area contributed by atoms with Crippen molar-refractivity contribution in [3.8, 4) is 16.9 Å². The van der Waals surface area contributed by atoms with Gasteiger partial charge in [0.1, 0.15) is 47.8 Å². The second-order valence-electron chi connectivity index (χ2n) is 10.1. The largest absolute Gasteiger partial charge is 0.496 e. The SMILES string of the molecule is COc1cc2c(cc1-c1c(C)noc1C)[nH]c1nc(C)nc(NC3=CC(C4CC4)=N[N+]3(C)c3cn[nH]c3)c12. The second-order valence-corrected chi connectivity index (χ2v) is 10.1. The maximum Gasteiger partial charge on any atom is 0.240 e. The number of aryl methyl sites for hydroxylation is 3. The molecular weight excluding hydrogens is 482 g/mol. The highest BCUT2D eigenvalue weighted by Gasteiger charge is 2.43. The molecule has 1 aromatic carbocycles. The molecule has 0 radical (unpaired) electrons. The first-order chi connectivity index (χ1) is 18.4. The number of hydrogen-bond donors (Lipinski definition) is 3. The number of hydrogen-bond acceptors (Lipinski definition) is 8. The summed E-state index contributed by atoms with van der Waals surface area (Å²) in [6.07, 6.45) is 8.17. The highest BCUT2D eigenvalue weighted by Crippen LogP contribution is 2.42. The number of aromatic amines is 2. The molecule has 1 atom stereocenters. The Bertz CT molecular complexity index is 1770. The van der Waals surface area contributed by atoms with E-state index in [-0.39, 0.29) is 4.59 Å². The van der Waals surface area contributed by atoms with E-state index in [4.69, 9.17) is 24.3 Å². The summed E-state index contributed by atoms with van der Waals surface area (Å²) >= 11 is 0. The first-order valence-corrected chi connectivity index (χ1v) is 12.6. The Morgan fingerprint density at radius 1 is 1.16 bits per heavy atom. The Morgan fingerprint density at radius 2 is 2.00 bits per heavy atom. The molecule has 5 heterocycles. The third-order valence-electron chi connectivity index (χ3n) is 7.48. The van der Waals surface area contributed by atoms with E-state index in [9.17, 15) is 0 Å². The van der Waals surface area contributed by atoms with Crippen LogP contribution in [0.3, 0.4) is 0 Å². The first kappa shape index (κ1) is 22.7. The van der Waals surface area contributed by atoms with Gasteiger partial charge in [-0.2, -0.15) is 5.10 Å². The van der Waals surface area contributed by atoms with Gasteiger partial charge in [-0.1, -0.05) is 10.3 Å². The van der Waals surface area contributed by atoms with Gasteiger partial charge in [0.25, 0.3) is 0 Å². The fraction of sp³-hybridized carbons (Fsp3) is 0.296. The molecule has 3 N–H and O–H groups in total. The molecule has 7 rings (SSSR count). The lowest BCUT2D eigenvalue weighted by atomic mass is 10.0. The molecule has 2 aliphatic rings. The van der Waals surface area contributed by atoms with Crippen LogP contribution in [0.15, 0.2) is 46.0 Å². The van der Waals surface area contributed by atoms with Gasteiger partial charge < -0.3 is 14.2 Å². The van der Waals surface area contributed by atoms with E-state index < -0.39 is 0 Å². The fourth-order valence-electron chi connectivity index (χ4n) is 5.36. The minimum atomic E-state index is 0.231. The van der Waals surface area contributed by atoms with Crippen LogP contribution in [0, 0.1) is 26.7 Å². The van der Waals surface area contributed by atoms with Gasteiger partial charge in [-0.15, -0.1) is 4.59 Å². The van der Waals surface area contributed by atoms with Crippen molar-refractivity contribution in [1.29, 1.82) is 0 Å². The van der Waals surface area contributed by atoms with Gasteiger partial charge in [-0.25, -0.2) is 9.97 Å². The zero-order valence-electron chi connectivity index (χ0n) is 21.9. The van der Waals surface area contributed by atoms with Gasteiger partial charge in [-0.3, -0.25) is 10.4 Å². The minimum absolute atomic E-state index is 0.231. The number of quaternary nitrogens is 1. The van der Waals surface area contributed by atoms with Crippen LogP contribution in [0.2, 0.25) is 0 Å². The van der Waals surface area contributed by atoms with Crippen molar-refractivity contribution >= 4 is 39.2 Å². The highest BCUT2D eigenvalue weighted by atomic mass is 16.5. The minimum Gasteiger partial charge on any atom is -0.496 e. The molecule has 1 aliphatic carbocycles. The Morgan fingerprint density at radius 3 is 2.68 bits per heavy atom. The zero-order valence-corrected chi connectivity index (χ0v) is 21.9. The van der Waals surface area contributed by atoms with E-state index in [1.807, 2.05) is 39.2 Å². The third-order valence-corrected chi connectivity index (χ3v) is 7.48. The van der Waals surface area contributed by atoms with Gasteiger partial charge in [0.15, 0.2) is 0 Å². The molecule has 1 unspecified atom stereocenters. The number of aromatic nitrogens is 6. The Balaban J connectivity index is 1.40. The fourth-order valence-corrected chi connectivity index (χ4v) is 5.36. The molecule has 0 bridgehead atoms. The maximum absolute atomic E-state index is 5.84. The van der Waals surface area contributed by atoms with Gasteiger partial charge in [0.05, 0.1) is 30.0 Å². The molecule has 38 heavy (non-hydrogen) atoms. The van der Waals surface area contributed by atoms with Crippen LogP contribution in [0.5, 0.6) is 5.75 Å². The van der Waals surface area contributed by atoms with Crippen LogP contribution in [-0.4, -0.2) is 50.2 Å². The summed E-state index contributed by atoms with van der Waals surface area (Å²) in [6.45, 7) is 5.73. The number of benzene rings is 1. The molecule has 192 valence electrons. The van der Waals surface area contributed by atoms with Gasteiger partial charge >= 0.3 is 0 Å². The Kier molecular flexibility index (Phi) is 4.77. The van der Waals surface area contributed by atoms with Crippen LogP contribution >= 0.6 is 0 Å². The predicted octanol–water partition coefficient (Wildman–Crippen LogP) is 5.09. The molecule has 4 aromatic heterocycles. The van der Waals surface area contributed by atoms with Crippen molar-refractivity contribution in [2.75, 3.05) is 19.5 Å². The standard InChI is InChI=1S/C27H28N9O2/c1-13-24(14(2)38-35-13)19-8-21-18(9-22(19)37-5)25-26(32-21)30-15(3)31-27(25)33-23-10-20(16-6-7-16)34-36(23,4)17-11-28-29-12-17/h8-12,16H,6-7H2,1-5H3,(H,28,29)(H2,30,31,32,33)/q+1. The number of methoxy groups -OCH3 is 1. The molecule has 0 amide bonds. The molecule has 11 nitrogen and oxygen atoms in total. The van der Waals surface area contributed by atoms with Crippen molar-refractivity contribution in [2.24, 2.45) is 11.0 Å². The number of H-pyrrole nitrogens is 2. The van der Waals surface area contributed by atoms with Crippen LogP contribution in [-0.2, 0) is 0 Å². The number of ether oxygens (including phenoxy) is 1. The Labute approximate surface area is 218 Å². The number of nitrogens with one attached hydrogen (secondary N) is 3. The van der Waals surface area contributed by atoms with Crippen molar-refractivity contribution in [1.82, 2.24) is 34.9 Å². The zero-order chi connectivity index (χ0) is 26.2. The van der Waals surface area contributed by atoms with Gasteiger partial charge in [0, 0.05) is 28.5 Å². The number of anilines is 1. The summed E-state index contributed by atoms with van der Waals surface area (Å²) in [6, 6.07) is 4.09. The number of fused-ring (bicyclic) bond motifs is 3. The molecule has 11 heteroatoms. The van der Waals surface area contributed by atoms with Crippen LogP contribution in [0.25, 0.3) is 33.1 Å². The molecular formula is C27H28N9O2+. The lowest BCUT2D eigenvalue weighted by Gasteiger charge is -2.24. The van der Waals surface area contributed by atoms with Crippen LogP contribution < -0.4 is 14.6 Å². The summed E-state index contributed by atoms with van der Waals surface area (Å²) in [5.41, 5.74) is 6.34. The average Bonchev–Trinajstić information content (AvgIpc) is 3.18. The predicted molar refractivity (Wildman–Crippen MR) is 146 cm³/mol. The van der Waals surface area contributed by atoms with Crippen molar-refractivity contribution in [3.05, 3.63) is 53.7 Å². The maximum atomic E-state index is 5.84. The number of nitrogens with zero attached hydrogens (tertiary/aromatic N) is 6. The van der Waals surface area contributed by atoms with E-state index in [0.29, 0.717) is 17.6 Å². The Hall–Kier alpha value is -4.51. The molecule has 1 fully saturated rings. The quantitative estimate of drug-likeness (QED) is 0.271. The molecule has 5 aromatic rings. The van der Waals surface area contributed by atoms with Crippen molar-refractivity contribution < 1.29 is 9.26 Å². The first-order valence-electron chi connectivity index (χ1n) is 12.6. The van der Waals surface area contributed by atoms with E-state index >= 15 is 0 Å². The van der Waals surface area contributed by atoms with Crippen molar-refractivity contribution in [2.45, 2.75) is 33.6 Å². The monoisotopic (exact) mass is 510 g/mol. The summed E-state index contributed by atoms with van der Waals surface area (Å²) in [7, 11) is 3.73. The van der Waals surface area contributed by atoms with Gasteiger partial charge in [-0.05, 0) is 45.7 Å². The third kappa shape index (κ3) is 3.35. The summed E-state index contributed by atoms with van der Waals surface area (Å²) in [5, 5.41) is 21.8. The van der Waals surface area contributed by atoms with Crippen LogP contribution in [0.1, 0.15) is 30.1 Å². The number of allylic oxidation sites excluding steroid dienone is 1. The average molecular weight is 511 g/mol. The molecule has 0 spiro atoms.